The zero-order valence-corrected chi connectivity index (χ0v) is 12.3. The van der Waals surface area contributed by atoms with Crippen molar-refractivity contribution in [3.63, 3.8) is 0 Å². The minimum atomic E-state index is 0.107. The van der Waals surface area contributed by atoms with Crippen molar-refractivity contribution in [3.8, 4) is 5.88 Å². The van der Waals surface area contributed by atoms with Crippen molar-refractivity contribution in [2.24, 2.45) is 0 Å². The predicted octanol–water partition coefficient (Wildman–Crippen LogP) is 3.96. The summed E-state index contributed by atoms with van der Waals surface area (Å²) in [6.45, 7) is 4.73. The highest BCUT2D eigenvalue weighted by atomic mass is 16.5. The van der Waals surface area contributed by atoms with Gasteiger partial charge in [-0.05, 0) is 49.1 Å². The molecule has 0 atom stereocenters. The Morgan fingerprint density at radius 3 is 3.00 bits per heavy atom. The van der Waals surface area contributed by atoms with Crippen LogP contribution in [-0.4, -0.2) is 16.1 Å². The van der Waals surface area contributed by atoms with E-state index in [-0.39, 0.29) is 6.10 Å². The van der Waals surface area contributed by atoms with Crippen LogP contribution in [0.3, 0.4) is 0 Å². The van der Waals surface area contributed by atoms with Gasteiger partial charge in [-0.2, -0.15) is 0 Å². The molecular weight excluding hydrogens is 262 g/mol. The van der Waals surface area contributed by atoms with E-state index in [1.54, 1.807) is 6.20 Å². The normalized spacial score (nSPS) is 11.0. The predicted molar refractivity (Wildman–Crippen MR) is 85.6 cm³/mol. The molecule has 108 valence electrons. The number of fused-ring (bicyclic) bond motifs is 1. The van der Waals surface area contributed by atoms with E-state index in [9.17, 15) is 0 Å². The Balaban J connectivity index is 1.74. The minimum Gasteiger partial charge on any atom is -0.473 e. The molecular formula is C17H19N3O. The molecule has 2 heterocycles. The van der Waals surface area contributed by atoms with Crippen molar-refractivity contribution in [2.75, 3.05) is 5.32 Å². The zero-order chi connectivity index (χ0) is 14.7. The fourth-order valence-corrected chi connectivity index (χ4v) is 2.24. The fourth-order valence-electron chi connectivity index (χ4n) is 2.24. The molecule has 0 spiro atoms. The third-order valence-electron chi connectivity index (χ3n) is 3.22. The van der Waals surface area contributed by atoms with E-state index in [2.05, 4.69) is 39.6 Å². The van der Waals surface area contributed by atoms with Crippen LogP contribution >= 0.6 is 0 Å². The maximum absolute atomic E-state index is 5.71. The van der Waals surface area contributed by atoms with Crippen molar-refractivity contribution >= 4 is 16.6 Å². The van der Waals surface area contributed by atoms with Gasteiger partial charge >= 0.3 is 0 Å². The first kappa shape index (κ1) is 13.5. The van der Waals surface area contributed by atoms with Gasteiger partial charge in [0.05, 0.1) is 11.8 Å². The number of aromatic amines is 1. The highest BCUT2D eigenvalue weighted by Crippen LogP contribution is 2.23. The van der Waals surface area contributed by atoms with Crippen LogP contribution in [0.5, 0.6) is 5.88 Å². The fraction of sp³-hybridized carbons (Fsp3) is 0.235. The van der Waals surface area contributed by atoms with Gasteiger partial charge in [-0.25, -0.2) is 4.98 Å². The first-order valence-corrected chi connectivity index (χ1v) is 7.14. The lowest BCUT2D eigenvalue weighted by Crippen LogP contribution is -2.10. The molecule has 0 saturated heterocycles. The topological polar surface area (TPSA) is 49.9 Å². The SMILES string of the molecule is CC(C)Oc1ncccc1NCc1ccc2cc[nH]c2c1. The molecule has 2 aromatic heterocycles. The van der Waals surface area contributed by atoms with Crippen LogP contribution in [0.2, 0.25) is 0 Å². The molecule has 0 aliphatic carbocycles. The highest BCUT2D eigenvalue weighted by Gasteiger charge is 2.06. The number of nitrogens with one attached hydrogen (secondary N) is 2. The van der Waals surface area contributed by atoms with Crippen molar-refractivity contribution in [2.45, 2.75) is 26.5 Å². The number of H-pyrrole nitrogens is 1. The van der Waals surface area contributed by atoms with E-state index in [1.807, 2.05) is 32.2 Å². The van der Waals surface area contributed by atoms with Crippen molar-refractivity contribution in [1.29, 1.82) is 0 Å². The Morgan fingerprint density at radius 1 is 1.24 bits per heavy atom. The van der Waals surface area contributed by atoms with Gasteiger partial charge in [-0.15, -0.1) is 0 Å². The smallest absolute Gasteiger partial charge is 0.237 e. The van der Waals surface area contributed by atoms with Crippen molar-refractivity contribution < 1.29 is 4.74 Å². The molecule has 1 aromatic carbocycles. The molecule has 0 aliphatic heterocycles. The van der Waals surface area contributed by atoms with Crippen molar-refractivity contribution in [1.82, 2.24) is 9.97 Å². The Bertz CT molecular complexity index is 733. The van der Waals surface area contributed by atoms with E-state index in [0.29, 0.717) is 5.88 Å². The molecule has 3 rings (SSSR count). The Morgan fingerprint density at radius 2 is 2.14 bits per heavy atom. The number of nitrogens with zero attached hydrogens (tertiary/aromatic N) is 1. The average molecular weight is 281 g/mol. The number of rotatable bonds is 5. The van der Waals surface area contributed by atoms with Crippen molar-refractivity contribution in [3.05, 3.63) is 54.4 Å². The number of pyridine rings is 1. The van der Waals surface area contributed by atoms with E-state index in [1.165, 1.54) is 10.9 Å². The molecule has 0 saturated carbocycles. The van der Waals surface area contributed by atoms with Gasteiger partial charge < -0.3 is 15.0 Å². The molecule has 0 fully saturated rings. The van der Waals surface area contributed by atoms with Gasteiger partial charge in [0.25, 0.3) is 0 Å². The van der Waals surface area contributed by atoms with Crippen LogP contribution in [0.1, 0.15) is 19.4 Å². The molecule has 0 aliphatic rings. The third-order valence-corrected chi connectivity index (χ3v) is 3.22. The van der Waals surface area contributed by atoms with E-state index < -0.39 is 0 Å². The van der Waals surface area contributed by atoms with Crippen LogP contribution in [0.25, 0.3) is 10.9 Å². The van der Waals surface area contributed by atoms with E-state index in [4.69, 9.17) is 4.74 Å². The summed E-state index contributed by atoms with van der Waals surface area (Å²) in [6, 6.07) is 12.4. The van der Waals surface area contributed by atoms with Crippen LogP contribution in [-0.2, 0) is 6.54 Å². The molecule has 21 heavy (non-hydrogen) atoms. The number of hydrogen-bond acceptors (Lipinski definition) is 3. The first-order chi connectivity index (χ1) is 10.2. The first-order valence-electron chi connectivity index (χ1n) is 7.14. The second-order valence-electron chi connectivity index (χ2n) is 5.28. The van der Waals surface area contributed by atoms with Crippen LogP contribution < -0.4 is 10.1 Å². The Kier molecular flexibility index (Phi) is 3.77. The molecule has 0 bridgehead atoms. The lowest BCUT2D eigenvalue weighted by molar-refractivity contribution is 0.234. The summed E-state index contributed by atoms with van der Waals surface area (Å²) < 4.78 is 5.71. The van der Waals surface area contributed by atoms with Gasteiger partial charge in [-0.1, -0.05) is 12.1 Å². The maximum atomic E-state index is 5.71. The summed E-state index contributed by atoms with van der Waals surface area (Å²) in [5.41, 5.74) is 3.28. The number of hydrogen-bond donors (Lipinski definition) is 2. The number of aromatic nitrogens is 2. The summed E-state index contributed by atoms with van der Waals surface area (Å²) >= 11 is 0. The number of benzene rings is 1. The van der Waals surface area contributed by atoms with Crippen LogP contribution in [0.15, 0.2) is 48.8 Å². The summed E-state index contributed by atoms with van der Waals surface area (Å²) in [7, 11) is 0. The molecule has 4 nitrogen and oxygen atoms in total. The second kappa shape index (κ2) is 5.87. The van der Waals surface area contributed by atoms with Crippen LogP contribution in [0, 0.1) is 0 Å². The second-order valence-corrected chi connectivity index (χ2v) is 5.28. The third kappa shape index (κ3) is 3.16. The van der Waals surface area contributed by atoms with E-state index >= 15 is 0 Å². The van der Waals surface area contributed by atoms with Gasteiger partial charge in [0, 0.05) is 24.5 Å². The molecule has 3 aromatic rings. The van der Waals surface area contributed by atoms with Crippen LogP contribution in [0.4, 0.5) is 5.69 Å². The summed E-state index contributed by atoms with van der Waals surface area (Å²) in [4.78, 5) is 7.51. The number of anilines is 1. The largest absolute Gasteiger partial charge is 0.473 e. The van der Waals surface area contributed by atoms with E-state index in [0.717, 1.165) is 17.7 Å². The number of ether oxygens (including phenoxy) is 1. The summed E-state index contributed by atoms with van der Waals surface area (Å²) in [6.07, 6.45) is 3.81. The monoisotopic (exact) mass is 281 g/mol. The minimum absolute atomic E-state index is 0.107. The van der Waals surface area contributed by atoms with Gasteiger partial charge in [0.1, 0.15) is 0 Å². The molecule has 0 radical (unpaired) electrons. The zero-order valence-electron chi connectivity index (χ0n) is 12.3. The molecule has 2 N–H and O–H groups in total. The summed E-state index contributed by atoms with van der Waals surface area (Å²) in [5.74, 6) is 0.647. The highest BCUT2D eigenvalue weighted by molar-refractivity contribution is 5.79. The van der Waals surface area contributed by atoms with Gasteiger partial charge in [0.15, 0.2) is 0 Å². The van der Waals surface area contributed by atoms with Gasteiger partial charge in [-0.3, -0.25) is 0 Å². The lowest BCUT2D eigenvalue weighted by Gasteiger charge is -2.14. The average Bonchev–Trinajstić information content (AvgIpc) is 2.93. The molecule has 0 unspecified atom stereocenters. The maximum Gasteiger partial charge on any atom is 0.237 e. The Labute approximate surface area is 124 Å². The quantitative estimate of drug-likeness (QED) is 0.744. The standard InChI is InChI=1S/C17H19N3O/c1-12(2)21-17-15(4-3-8-19-17)20-11-13-5-6-14-7-9-18-16(14)10-13/h3-10,12,18,20H,11H2,1-2H3. The molecule has 4 heteroatoms. The lowest BCUT2D eigenvalue weighted by atomic mass is 10.1. The van der Waals surface area contributed by atoms with Gasteiger partial charge in [0.2, 0.25) is 5.88 Å². The Hall–Kier alpha value is -2.49. The molecule has 0 amide bonds. The summed E-state index contributed by atoms with van der Waals surface area (Å²) in [5, 5.41) is 4.62.